The zero-order chi connectivity index (χ0) is 24.2. The molecule has 4 N–H and O–H groups in total. The molecule has 10 nitrogen and oxygen atoms in total. The maximum Gasteiger partial charge on any atom is 0.258 e. The van der Waals surface area contributed by atoms with E-state index in [1.54, 1.807) is 59.4 Å². The molecule has 10 heteroatoms. The van der Waals surface area contributed by atoms with E-state index in [-0.39, 0.29) is 23.7 Å². The van der Waals surface area contributed by atoms with Crippen LogP contribution in [0.1, 0.15) is 22.8 Å². The molecule has 0 fully saturated rings. The molecule has 4 heterocycles. The average Bonchev–Trinajstić information content (AvgIpc) is 2.85. The maximum absolute atomic E-state index is 12.9. The maximum atomic E-state index is 12.9. The Bertz CT molecular complexity index is 1430. The molecule has 0 aromatic carbocycles. The summed E-state index contributed by atoms with van der Waals surface area (Å²) in [5.74, 6) is -0.198. The lowest BCUT2D eigenvalue weighted by Gasteiger charge is -2.15. The Balaban J connectivity index is 1.63. The minimum absolute atomic E-state index is 0.0613. The number of hydrogen-bond donors (Lipinski definition) is 3. The fraction of sp³-hybridized carbons (Fsp3) is 0.167. The SMILES string of the molecule is CCn1c(N)c(C(=O)NC)c(=O)c2ccc(-c3ccc(CC(=O)Nc4ccccn4)cn3)nc21. The molecule has 0 spiro atoms. The summed E-state index contributed by atoms with van der Waals surface area (Å²) < 4.78 is 1.63. The van der Waals surface area contributed by atoms with Crippen molar-refractivity contribution in [3.05, 3.63) is 76.2 Å². The molecular weight excluding hydrogens is 434 g/mol. The van der Waals surface area contributed by atoms with Crippen molar-refractivity contribution in [1.82, 2.24) is 24.8 Å². The number of aromatic nitrogens is 4. The van der Waals surface area contributed by atoms with Crippen molar-refractivity contribution in [2.45, 2.75) is 19.9 Å². The van der Waals surface area contributed by atoms with Gasteiger partial charge < -0.3 is 20.9 Å². The molecule has 0 aliphatic rings. The Hall–Kier alpha value is -4.60. The number of carbonyl (C=O) groups is 2. The van der Waals surface area contributed by atoms with Gasteiger partial charge in [-0.05, 0) is 42.8 Å². The monoisotopic (exact) mass is 457 g/mol. The van der Waals surface area contributed by atoms with Gasteiger partial charge in [-0.2, -0.15) is 0 Å². The average molecular weight is 457 g/mol. The van der Waals surface area contributed by atoms with Crippen LogP contribution in [0.5, 0.6) is 0 Å². The summed E-state index contributed by atoms with van der Waals surface area (Å²) >= 11 is 0. The van der Waals surface area contributed by atoms with Crippen LogP contribution in [-0.2, 0) is 17.8 Å². The Kier molecular flexibility index (Phi) is 6.30. The lowest BCUT2D eigenvalue weighted by atomic mass is 10.1. The van der Waals surface area contributed by atoms with Gasteiger partial charge in [-0.1, -0.05) is 12.1 Å². The van der Waals surface area contributed by atoms with Crippen LogP contribution in [0.2, 0.25) is 0 Å². The predicted molar refractivity (Wildman–Crippen MR) is 129 cm³/mol. The van der Waals surface area contributed by atoms with E-state index in [1.807, 2.05) is 6.92 Å². The second-order valence-electron chi connectivity index (χ2n) is 7.47. The van der Waals surface area contributed by atoms with Crippen LogP contribution in [0, 0.1) is 0 Å². The molecule has 0 aliphatic carbocycles. The van der Waals surface area contributed by atoms with Gasteiger partial charge in [0, 0.05) is 26.0 Å². The molecule has 0 unspecified atom stereocenters. The topological polar surface area (TPSA) is 145 Å². The third-order valence-electron chi connectivity index (χ3n) is 5.30. The smallest absolute Gasteiger partial charge is 0.258 e. The van der Waals surface area contributed by atoms with Gasteiger partial charge in [0.15, 0.2) is 0 Å². The van der Waals surface area contributed by atoms with Gasteiger partial charge in [0.05, 0.1) is 23.2 Å². The quantitative estimate of drug-likeness (QED) is 0.401. The Morgan fingerprint density at radius 1 is 1.06 bits per heavy atom. The van der Waals surface area contributed by atoms with Crippen LogP contribution in [-0.4, -0.2) is 38.4 Å². The number of carbonyl (C=O) groups excluding carboxylic acids is 2. The summed E-state index contributed by atoms with van der Waals surface area (Å²) in [5, 5.41) is 5.48. The molecule has 4 aromatic heterocycles. The Labute approximate surface area is 194 Å². The van der Waals surface area contributed by atoms with Crippen molar-refractivity contribution in [3.8, 4) is 11.4 Å². The van der Waals surface area contributed by atoms with Crippen LogP contribution >= 0.6 is 0 Å². The summed E-state index contributed by atoms with van der Waals surface area (Å²) in [4.78, 5) is 50.5. The molecular formula is C24H23N7O3. The van der Waals surface area contributed by atoms with E-state index in [0.29, 0.717) is 34.8 Å². The van der Waals surface area contributed by atoms with Crippen molar-refractivity contribution in [2.75, 3.05) is 18.1 Å². The number of amides is 2. The van der Waals surface area contributed by atoms with Crippen LogP contribution in [0.25, 0.3) is 22.4 Å². The zero-order valence-corrected chi connectivity index (χ0v) is 18.7. The molecule has 0 bridgehead atoms. The molecule has 4 aromatic rings. The summed E-state index contributed by atoms with van der Waals surface area (Å²) in [6.45, 7) is 2.27. The van der Waals surface area contributed by atoms with Gasteiger partial charge in [0.25, 0.3) is 5.91 Å². The van der Waals surface area contributed by atoms with E-state index in [0.717, 1.165) is 5.56 Å². The molecule has 4 rings (SSSR count). The van der Waals surface area contributed by atoms with E-state index in [4.69, 9.17) is 5.73 Å². The number of nitrogens with one attached hydrogen (secondary N) is 2. The number of hydrogen-bond acceptors (Lipinski definition) is 7. The second-order valence-corrected chi connectivity index (χ2v) is 7.47. The van der Waals surface area contributed by atoms with Crippen molar-refractivity contribution < 1.29 is 9.59 Å². The van der Waals surface area contributed by atoms with Crippen molar-refractivity contribution in [2.24, 2.45) is 0 Å². The van der Waals surface area contributed by atoms with Gasteiger partial charge in [-0.15, -0.1) is 0 Å². The molecule has 0 saturated carbocycles. The highest BCUT2D eigenvalue weighted by atomic mass is 16.2. The third-order valence-corrected chi connectivity index (χ3v) is 5.30. The highest BCUT2D eigenvalue weighted by Crippen LogP contribution is 2.22. The lowest BCUT2D eigenvalue weighted by molar-refractivity contribution is -0.115. The van der Waals surface area contributed by atoms with Crippen LogP contribution in [0.4, 0.5) is 11.6 Å². The lowest BCUT2D eigenvalue weighted by Crippen LogP contribution is -2.30. The Morgan fingerprint density at radius 3 is 2.50 bits per heavy atom. The first-order chi connectivity index (χ1) is 16.4. The van der Waals surface area contributed by atoms with E-state index < -0.39 is 11.3 Å². The summed E-state index contributed by atoms with van der Waals surface area (Å²) in [6.07, 6.45) is 3.35. The van der Waals surface area contributed by atoms with E-state index in [2.05, 4.69) is 25.6 Å². The number of rotatable bonds is 6. The minimum atomic E-state index is -0.542. The summed E-state index contributed by atoms with van der Waals surface area (Å²) in [5.41, 5.74) is 7.78. The molecule has 0 saturated heterocycles. The Morgan fingerprint density at radius 2 is 1.85 bits per heavy atom. The molecule has 0 aliphatic heterocycles. The van der Waals surface area contributed by atoms with Gasteiger partial charge >= 0.3 is 0 Å². The number of nitrogen functional groups attached to an aromatic ring is 1. The van der Waals surface area contributed by atoms with Crippen LogP contribution in [0.15, 0.2) is 59.7 Å². The van der Waals surface area contributed by atoms with Gasteiger partial charge in [0.1, 0.15) is 22.8 Å². The van der Waals surface area contributed by atoms with Crippen molar-refractivity contribution in [1.29, 1.82) is 0 Å². The number of fused-ring (bicyclic) bond motifs is 1. The van der Waals surface area contributed by atoms with Crippen LogP contribution in [0.3, 0.4) is 0 Å². The normalized spacial score (nSPS) is 10.8. The molecule has 0 radical (unpaired) electrons. The largest absolute Gasteiger partial charge is 0.384 e. The first kappa shape index (κ1) is 22.6. The number of nitrogens with two attached hydrogens (primary N) is 1. The minimum Gasteiger partial charge on any atom is -0.384 e. The molecule has 172 valence electrons. The summed E-state index contributed by atoms with van der Waals surface area (Å²) in [7, 11) is 1.45. The van der Waals surface area contributed by atoms with Gasteiger partial charge in [-0.25, -0.2) is 9.97 Å². The fourth-order valence-corrected chi connectivity index (χ4v) is 3.63. The van der Waals surface area contributed by atoms with Crippen molar-refractivity contribution >= 4 is 34.5 Å². The zero-order valence-electron chi connectivity index (χ0n) is 18.7. The fourth-order valence-electron chi connectivity index (χ4n) is 3.63. The first-order valence-corrected chi connectivity index (χ1v) is 10.6. The van der Waals surface area contributed by atoms with E-state index >= 15 is 0 Å². The number of nitrogens with zero attached hydrogens (tertiary/aromatic N) is 4. The number of pyridine rings is 4. The predicted octanol–water partition coefficient (Wildman–Crippen LogP) is 2.00. The van der Waals surface area contributed by atoms with Crippen LogP contribution < -0.4 is 21.8 Å². The first-order valence-electron chi connectivity index (χ1n) is 10.6. The number of aryl methyl sites for hydroxylation is 1. The van der Waals surface area contributed by atoms with Crippen molar-refractivity contribution in [3.63, 3.8) is 0 Å². The van der Waals surface area contributed by atoms with Gasteiger partial charge in [0.2, 0.25) is 11.3 Å². The highest BCUT2D eigenvalue weighted by Gasteiger charge is 2.20. The summed E-state index contributed by atoms with van der Waals surface area (Å²) in [6, 6.07) is 12.1. The molecule has 0 atom stereocenters. The van der Waals surface area contributed by atoms with E-state index in [9.17, 15) is 14.4 Å². The van der Waals surface area contributed by atoms with E-state index in [1.165, 1.54) is 7.05 Å². The highest BCUT2D eigenvalue weighted by molar-refractivity contribution is 6.01. The second kappa shape index (κ2) is 9.49. The van der Waals surface area contributed by atoms with Gasteiger partial charge in [-0.3, -0.25) is 19.4 Å². The third kappa shape index (κ3) is 4.33. The standard InChI is InChI=1S/C24H23N7O3/c1-3-31-22(25)20(24(34)26-2)21(33)15-8-10-17(29-23(15)31)16-9-7-14(13-28-16)12-19(32)30-18-6-4-5-11-27-18/h4-11,13H,3,12,25H2,1-2H3,(H,26,34)(H,27,30,32). The number of anilines is 2. The molecule has 34 heavy (non-hydrogen) atoms. The molecule has 2 amide bonds.